The number of aromatic nitrogens is 3. The summed E-state index contributed by atoms with van der Waals surface area (Å²) >= 11 is 0. The molecule has 3 aromatic rings. The van der Waals surface area contributed by atoms with E-state index in [9.17, 15) is 9.90 Å². The summed E-state index contributed by atoms with van der Waals surface area (Å²) < 4.78 is 0. The van der Waals surface area contributed by atoms with Gasteiger partial charge >= 0.3 is 0 Å². The second kappa shape index (κ2) is 6.76. The fourth-order valence-corrected chi connectivity index (χ4v) is 2.06. The molecule has 2 aromatic heterocycles. The van der Waals surface area contributed by atoms with Crippen molar-refractivity contribution < 1.29 is 9.90 Å². The first-order valence-corrected chi connectivity index (χ1v) is 7.01. The third kappa shape index (κ3) is 3.56. The SMILES string of the molecule is O=C(/C=C/c1cnc2ccccc2n1)Nc1cnccc1CO. The molecule has 0 radical (unpaired) electrons. The van der Waals surface area contributed by atoms with Gasteiger partial charge in [0.1, 0.15) is 0 Å². The third-order valence-corrected chi connectivity index (χ3v) is 3.21. The van der Waals surface area contributed by atoms with Crippen LogP contribution in [-0.2, 0) is 11.4 Å². The lowest BCUT2D eigenvalue weighted by Gasteiger charge is -2.06. The van der Waals surface area contributed by atoms with E-state index < -0.39 is 0 Å². The van der Waals surface area contributed by atoms with Crippen LogP contribution in [0.5, 0.6) is 0 Å². The topological polar surface area (TPSA) is 88.0 Å². The van der Waals surface area contributed by atoms with E-state index >= 15 is 0 Å². The number of carbonyl (C=O) groups is 1. The molecule has 3 rings (SSSR count). The molecule has 0 aliphatic rings. The molecule has 6 heteroatoms. The summed E-state index contributed by atoms with van der Waals surface area (Å²) in [6.45, 7) is -0.169. The largest absolute Gasteiger partial charge is 0.392 e. The number of aliphatic hydroxyl groups is 1. The summed E-state index contributed by atoms with van der Waals surface area (Å²) in [7, 11) is 0. The molecular formula is C17H14N4O2. The molecule has 0 unspecified atom stereocenters. The van der Waals surface area contributed by atoms with Gasteiger partial charge in [0.2, 0.25) is 5.91 Å². The van der Waals surface area contributed by atoms with Crippen LogP contribution in [0.4, 0.5) is 5.69 Å². The Labute approximate surface area is 132 Å². The Kier molecular flexibility index (Phi) is 4.35. The number of anilines is 1. The number of aliphatic hydroxyl groups excluding tert-OH is 1. The van der Waals surface area contributed by atoms with E-state index in [1.165, 1.54) is 12.3 Å². The van der Waals surface area contributed by atoms with Crippen LogP contribution < -0.4 is 5.32 Å². The number of rotatable bonds is 4. The van der Waals surface area contributed by atoms with Crippen LogP contribution in [0, 0.1) is 0 Å². The molecular weight excluding hydrogens is 292 g/mol. The van der Waals surface area contributed by atoms with E-state index in [1.54, 1.807) is 24.5 Å². The standard InChI is InChI=1S/C17H14N4O2/c22-11-12-7-8-18-10-16(12)21-17(23)6-5-13-9-19-14-3-1-2-4-15(14)20-13/h1-10,22H,11H2,(H,21,23)/b6-5+. The molecule has 114 valence electrons. The zero-order valence-corrected chi connectivity index (χ0v) is 12.2. The van der Waals surface area contributed by atoms with Gasteiger partial charge in [0, 0.05) is 17.8 Å². The maximum Gasteiger partial charge on any atom is 0.248 e. The van der Waals surface area contributed by atoms with Crippen LogP contribution in [0.2, 0.25) is 0 Å². The van der Waals surface area contributed by atoms with Crippen LogP contribution in [0.3, 0.4) is 0 Å². The quantitative estimate of drug-likeness (QED) is 0.721. The lowest BCUT2D eigenvalue weighted by molar-refractivity contribution is -0.111. The Hall–Kier alpha value is -3.12. The Morgan fingerprint density at radius 2 is 2.00 bits per heavy atom. The second-order valence-corrected chi connectivity index (χ2v) is 4.80. The lowest BCUT2D eigenvalue weighted by Crippen LogP contribution is -2.10. The van der Waals surface area contributed by atoms with Gasteiger partial charge in [-0.2, -0.15) is 0 Å². The summed E-state index contributed by atoms with van der Waals surface area (Å²) in [4.78, 5) is 24.6. The number of para-hydroxylation sites is 2. The Bertz CT molecular complexity index is 877. The van der Waals surface area contributed by atoms with Crippen molar-refractivity contribution in [3.05, 3.63) is 66.3 Å². The number of nitrogens with one attached hydrogen (secondary N) is 1. The maximum atomic E-state index is 12.0. The number of pyridine rings is 1. The number of carbonyl (C=O) groups excluding carboxylic acids is 1. The average Bonchev–Trinajstić information content (AvgIpc) is 2.60. The van der Waals surface area contributed by atoms with Gasteiger partial charge < -0.3 is 10.4 Å². The summed E-state index contributed by atoms with van der Waals surface area (Å²) in [6, 6.07) is 9.17. The predicted molar refractivity (Wildman–Crippen MR) is 87.4 cm³/mol. The zero-order chi connectivity index (χ0) is 16.1. The van der Waals surface area contributed by atoms with E-state index in [1.807, 2.05) is 24.3 Å². The van der Waals surface area contributed by atoms with Crippen molar-refractivity contribution in [1.82, 2.24) is 15.0 Å². The summed E-state index contributed by atoms with van der Waals surface area (Å²) in [6.07, 6.45) is 7.61. The fourth-order valence-electron chi connectivity index (χ4n) is 2.06. The molecule has 23 heavy (non-hydrogen) atoms. The van der Waals surface area contributed by atoms with Crippen LogP contribution in [0.15, 0.2) is 55.0 Å². The van der Waals surface area contributed by atoms with Gasteiger partial charge in [-0.1, -0.05) is 12.1 Å². The molecule has 0 aliphatic heterocycles. The highest BCUT2D eigenvalue weighted by Crippen LogP contribution is 2.13. The van der Waals surface area contributed by atoms with Gasteiger partial charge in [0.05, 0.1) is 41.4 Å². The Balaban J connectivity index is 1.74. The predicted octanol–water partition coefficient (Wildman–Crippen LogP) is 2.17. The Morgan fingerprint density at radius 3 is 2.83 bits per heavy atom. The van der Waals surface area contributed by atoms with Gasteiger partial charge in [-0.05, 0) is 24.3 Å². The first-order valence-electron chi connectivity index (χ1n) is 7.01. The molecule has 0 atom stereocenters. The monoisotopic (exact) mass is 306 g/mol. The average molecular weight is 306 g/mol. The van der Waals surface area contributed by atoms with Crippen LogP contribution in [-0.4, -0.2) is 26.0 Å². The van der Waals surface area contributed by atoms with E-state index in [-0.39, 0.29) is 12.5 Å². The van der Waals surface area contributed by atoms with Crippen LogP contribution >= 0.6 is 0 Å². The molecule has 2 N–H and O–H groups in total. The van der Waals surface area contributed by atoms with Crippen molar-refractivity contribution in [3.63, 3.8) is 0 Å². The molecule has 0 saturated carbocycles. The van der Waals surface area contributed by atoms with Crippen molar-refractivity contribution in [2.75, 3.05) is 5.32 Å². The minimum atomic E-state index is -0.331. The van der Waals surface area contributed by atoms with E-state index in [0.29, 0.717) is 16.9 Å². The maximum absolute atomic E-state index is 12.0. The van der Waals surface area contributed by atoms with Gasteiger partial charge in [-0.15, -0.1) is 0 Å². The Morgan fingerprint density at radius 1 is 1.17 bits per heavy atom. The summed E-state index contributed by atoms with van der Waals surface area (Å²) in [5.41, 5.74) is 3.25. The molecule has 0 fully saturated rings. The van der Waals surface area contributed by atoms with Crippen molar-refractivity contribution >= 4 is 28.7 Å². The smallest absolute Gasteiger partial charge is 0.248 e. The van der Waals surface area contributed by atoms with Crippen molar-refractivity contribution in [3.8, 4) is 0 Å². The normalized spacial score (nSPS) is 11.0. The number of amides is 1. The highest BCUT2D eigenvalue weighted by molar-refractivity contribution is 6.02. The van der Waals surface area contributed by atoms with Gasteiger partial charge in [-0.3, -0.25) is 14.8 Å². The highest BCUT2D eigenvalue weighted by atomic mass is 16.3. The van der Waals surface area contributed by atoms with E-state index in [0.717, 1.165) is 11.0 Å². The van der Waals surface area contributed by atoms with Crippen LogP contribution in [0.25, 0.3) is 17.1 Å². The zero-order valence-electron chi connectivity index (χ0n) is 12.2. The van der Waals surface area contributed by atoms with Gasteiger partial charge in [0.25, 0.3) is 0 Å². The minimum Gasteiger partial charge on any atom is -0.392 e. The molecule has 1 amide bonds. The van der Waals surface area contributed by atoms with E-state index in [4.69, 9.17) is 0 Å². The molecule has 1 aromatic carbocycles. The summed E-state index contributed by atoms with van der Waals surface area (Å²) in [5, 5.41) is 11.9. The van der Waals surface area contributed by atoms with E-state index in [2.05, 4.69) is 20.3 Å². The number of hydrogen-bond donors (Lipinski definition) is 2. The molecule has 0 aliphatic carbocycles. The second-order valence-electron chi connectivity index (χ2n) is 4.80. The first-order chi connectivity index (χ1) is 11.3. The van der Waals surface area contributed by atoms with Gasteiger partial charge in [0.15, 0.2) is 0 Å². The summed E-state index contributed by atoms with van der Waals surface area (Å²) in [5.74, 6) is -0.331. The van der Waals surface area contributed by atoms with Gasteiger partial charge in [-0.25, -0.2) is 4.98 Å². The number of benzene rings is 1. The molecule has 0 saturated heterocycles. The first kappa shape index (κ1) is 14.8. The number of fused-ring (bicyclic) bond motifs is 1. The van der Waals surface area contributed by atoms with Crippen molar-refractivity contribution in [2.24, 2.45) is 0 Å². The lowest BCUT2D eigenvalue weighted by atomic mass is 10.2. The van der Waals surface area contributed by atoms with Crippen molar-refractivity contribution in [2.45, 2.75) is 6.61 Å². The minimum absolute atomic E-state index is 0.169. The third-order valence-electron chi connectivity index (χ3n) is 3.21. The van der Waals surface area contributed by atoms with Crippen LogP contribution in [0.1, 0.15) is 11.3 Å². The van der Waals surface area contributed by atoms with Crippen molar-refractivity contribution in [1.29, 1.82) is 0 Å². The molecule has 2 heterocycles. The highest BCUT2D eigenvalue weighted by Gasteiger charge is 2.04. The number of hydrogen-bond acceptors (Lipinski definition) is 5. The number of nitrogens with zero attached hydrogens (tertiary/aromatic N) is 3. The molecule has 0 bridgehead atoms. The fraction of sp³-hybridized carbons (Fsp3) is 0.0588. The molecule has 6 nitrogen and oxygen atoms in total. The molecule has 0 spiro atoms.